The summed E-state index contributed by atoms with van der Waals surface area (Å²) in [6.07, 6.45) is 5.01. The van der Waals surface area contributed by atoms with Gasteiger partial charge in [-0.05, 0) is 55.2 Å². The highest BCUT2D eigenvalue weighted by Crippen LogP contribution is 2.17. The molecule has 1 rings (SSSR count). The second kappa shape index (κ2) is 15.5. The van der Waals surface area contributed by atoms with Crippen molar-refractivity contribution in [3.63, 3.8) is 0 Å². The van der Waals surface area contributed by atoms with Gasteiger partial charge in [-0.1, -0.05) is 19.4 Å². The molecule has 4 nitrogen and oxygen atoms in total. The first-order chi connectivity index (χ1) is 12.1. The average Bonchev–Trinajstić information content (AvgIpc) is 2.59. The van der Waals surface area contributed by atoms with E-state index in [1.807, 2.05) is 19.2 Å². The third kappa shape index (κ3) is 9.97. The van der Waals surface area contributed by atoms with Crippen LogP contribution in [0.15, 0.2) is 23.2 Å². The third-order valence-electron chi connectivity index (χ3n) is 4.01. The summed E-state index contributed by atoms with van der Waals surface area (Å²) in [4.78, 5) is 4.65. The van der Waals surface area contributed by atoms with Crippen LogP contribution in [-0.4, -0.2) is 37.0 Å². The van der Waals surface area contributed by atoms with Crippen molar-refractivity contribution in [3.05, 3.63) is 35.1 Å². The Kier molecular flexibility index (Phi) is 15.2. The molecule has 0 spiro atoms. The standard InChI is InChI=1S/C19H32FN3OS.HI/c1-4-6-15(9-10-24)12-22-19(21-5-2)23-13-16-7-8-18(20)11-17(16)14-25-3;/h7-8,11,15,24H,4-6,9-10,12-14H2,1-3H3,(H2,21,22,23);1H. The summed E-state index contributed by atoms with van der Waals surface area (Å²) in [6.45, 7) is 6.50. The quantitative estimate of drug-likeness (QED) is 0.244. The number of benzene rings is 1. The molecule has 0 amide bonds. The molecule has 1 atom stereocenters. The molecule has 0 heterocycles. The van der Waals surface area contributed by atoms with Crippen LogP contribution in [0.4, 0.5) is 4.39 Å². The molecule has 0 radical (unpaired) electrons. The van der Waals surface area contributed by atoms with E-state index in [1.165, 1.54) is 6.07 Å². The monoisotopic (exact) mass is 497 g/mol. The lowest BCUT2D eigenvalue weighted by Gasteiger charge is -2.18. The Hall–Kier alpha value is -0.540. The van der Waals surface area contributed by atoms with Gasteiger partial charge in [-0.3, -0.25) is 0 Å². The maximum atomic E-state index is 13.5. The van der Waals surface area contributed by atoms with E-state index in [9.17, 15) is 9.50 Å². The number of aliphatic hydroxyl groups is 1. The summed E-state index contributed by atoms with van der Waals surface area (Å²) in [7, 11) is 0. The normalized spacial score (nSPS) is 12.4. The average molecular weight is 497 g/mol. The van der Waals surface area contributed by atoms with Crippen LogP contribution < -0.4 is 10.6 Å². The van der Waals surface area contributed by atoms with E-state index in [4.69, 9.17) is 0 Å². The van der Waals surface area contributed by atoms with Gasteiger partial charge in [-0.15, -0.1) is 24.0 Å². The largest absolute Gasteiger partial charge is 0.396 e. The number of halogens is 2. The highest BCUT2D eigenvalue weighted by atomic mass is 127. The van der Waals surface area contributed by atoms with Crippen molar-refractivity contribution in [1.29, 1.82) is 0 Å². The predicted octanol–water partition coefficient (Wildman–Crippen LogP) is 4.16. The summed E-state index contributed by atoms with van der Waals surface area (Å²) in [6, 6.07) is 4.91. The molecule has 0 aliphatic rings. The van der Waals surface area contributed by atoms with E-state index in [2.05, 4.69) is 22.5 Å². The van der Waals surface area contributed by atoms with Crippen molar-refractivity contribution in [1.82, 2.24) is 10.6 Å². The number of guanidine groups is 1. The fourth-order valence-corrected chi connectivity index (χ4v) is 3.30. The number of nitrogens with one attached hydrogen (secondary N) is 2. The van der Waals surface area contributed by atoms with Gasteiger partial charge < -0.3 is 15.7 Å². The SMILES string of the molecule is CCCC(CCO)CNC(=NCc1ccc(F)cc1CSC)NCC.I. The van der Waals surface area contributed by atoms with Crippen molar-refractivity contribution in [2.24, 2.45) is 10.9 Å². The maximum Gasteiger partial charge on any atom is 0.191 e. The molecule has 0 aromatic heterocycles. The van der Waals surface area contributed by atoms with Gasteiger partial charge in [0.15, 0.2) is 5.96 Å². The Morgan fingerprint density at radius 1 is 1.23 bits per heavy atom. The Bertz CT molecular complexity index is 526. The van der Waals surface area contributed by atoms with Crippen molar-refractivity contribution >= 4 is 41.7 Å². The highest BCUT2D eigenvalue weighted by molar-refractivity contribution is 14.0. The molecule has 26 heavy (non-hydrogen) atoms. The number of hydrogen-bond donors (Lipinski definition) is 3. The van der Waals surface area contributed by atoms with E-state index in [0.717, 1.165) is 55.2 Å². The molecule has 0 bridgehead atoms. The molecule has 0 saturated heterocycles. The summed E-state index contributed by atoms with van der Waals surface area (Å²) < 4.78 is 13.5. The van der Waals surface area contributed by atoms with Gasteiger partial charge in [-0.25, -0.2) is 9.38 Å². The molecule has 0 aliphatic heterocycles. The lowest BCUT2D eigenvalue weighted by atomic mass is 10.0. The molecule has 1 unspecified atom stereocenters. The number of aliphatic imine (C=N–C) groups is 1. The topological polar surface area (TPSA) is 56.6 Å². The maximum absolute atomic E-state index is 13.5. The second-order valence-corrected chi connectivity index (χ2v) is 6.96. The van der Waals surface area contributed by atoms with Crippen LogP contribution in [0.3, 0.4) is 0 Å². The molecule has 1 aromatic carbocycles. The zero-order chi connectivity index (χ0) is 18.5. The first kappa shape index (κ1) is 25.5. The Morgan fingerprint density at radius 3 is 2.62 bits per heavy atom. The van der Waals surface area contributed by atoms with E-state index < -0.39 is 0 Å². The van der Waals surface area contributed by atoms with E-state index in [1.54, 1.807) is 17.8 Å². The minimum atomic E-state index is -0.201. The molecule has 0 saturated carbocycles. The van der Waals surface area contributed by atoms with E-state index in [-0.39, 0.29) is 36.4 Å². The fourth-order valence-electron chi connectivity index (χ4n) is 2.72. The molecular formula is C19H33FIN3OS. The number of thioether (sulfide) groups is 1. The minimum Gasteiger partial charge on any atom is -0.396 e. The number of nitrogens with zero attached hydrogens (tertiary/aromatic N) is 1. The molecule has 150 valence electrons. The number of rotatable bonds is 11. The molecule has 0 fully saturated rings. The van der Waals surface area contributed by atoms with Crippen molar-refractivity contribution in [2.75, 3.05) is 26.0 Å². The van der Waals surface area contributed by atoms with Gasteiger partial charge in [0.2, 0.25) is 0 Å². The number of hydrogen-bond acceptors (Lipinski definition) is 3. The van der Waals surface area contributed by atoms with Crippen LogP contribution in [-0.2, 0) is 12.3 Å². The van der Waals surface area contributed by atoms with Gasteiger partial charge in [0, 0.05) is 25.4 Å². The highest BCUT2D eigenvalue weighted by Gasteiger charge is 2.09. The Labute approximate surface area is 178 Å². The molecule has 1 aromatic rings. The van der Waals surface area contributed by atoms with E-state index in [0.29, 0.717) is 12.5 Å². The number of aliphatic hydroxyl groups excluding tert-OH is 1. The van der Waals surface area contributed by atoms with Gasteiger partial charge >= 0.3 is 0 Å². The van der Waals surface area contributed by atoms with Crippen LogP contribution >= 0.6 is 35.7 Å². The third-order valence-corrected chi connectivity index (χ3v) is 4.61. The van der Waals surface area contributed by atoms with Crippen LogP contribution in [0.25, 0.3) is 0 Å². The van der Waals surface area contributed by atoms with Crippen LogP contribution in [0.5, 0.6) is 0 Å². The van der Waals surface area contributed by atoms with Gasteiger partial charge in [0.1, 0.15) is 5.82 Å². The van der Waals surface area contributed by atoms with Crippen molar-refractivity contribution < 1.29 is 9.50 Å². The van der Waals surface area contributed by atoms with Gasteiger partial charge in [0.05, 0.1) is 6.54 Å². The van der Waals surface area contributed by atoms with Gasteiger partial charge in [0.25, 0.3) is 0 Å². The Morgan fingerprint density at radius 2 is 2.00 bits per heavy atom. The lowest BCUT2D eigenvalue weighted by Crippen LogP contribution is -2.40. The van der Waals surface area contributed by atoms with Crippen LogP contribution in [0, 0.1) is 11.7 Å². The minimum absolute atomic E-state index is 0. The zero-order valence-electron chi connectivity index (χ0n) is 16.1. The first-order valence-electron chi connectivity index (χ1n) is 9.03. The molecule has 3 N–H and O–H groups in total. The zero-order valence-corrected chi connectivity index (χ0v) is 19.2. The lowest BCUT2D eigenvalue weighted by molar-refractivity contribution is 0.251. The molecule has 7 heteroatoms. The van der Waals surface area contributed by atoms with Crippen molar-refractivity contribution in [3.8, 4) is 0 Å². The van der Waals surface area contributed by atoms with Crippen LogP contribution in [0.2, 0.25) is 0 Å². The fraction of sp³-hybridized carbons (Fsp3) is 0.632. The smallest absolute Gasteiger partial charge is 0.191 e. The summed E-state index contributed by atoms with van der Waals surface area (Å²) >= 11 is 1.68. The Balaban J connectivity index is 0.00000625. The first-order valence-corrected chi connectivity index (χ1v) is 10.4. The predicted molar refractivity (Wildman–Crippen MR) is 122 cm³/mol. The summed E-state index contributed by atoms with van der Waals surface area (Å²) in [5.74, 6) is 1.78. The van der Waals surface area contributed by atoms with Gasteiger partial charge in [-0.2, -0.15) is 11.8 Å². The van der Waals surface area contributed by atoms with Crippen LogP contribution in [0.1, 0.15) is 44.2 Å². The molecule has 0 aliphatic carbocycles. The summed E-state index contributed by atoms with van der Waals surface area (Å²) in [5.41, 5.74) is 2.05. The van der Waals surface area contributed by atoms with E-state index >= 15 is 0 Å². The molecular weight excluding hydrogens is 464 g/mol. The summed E-state index contributed by atoms with van der Waals surface area (Å²) in [5, 5.41) is 15.8. The second-order valence-electron chi connectivity index (χ2n) is 6.09. The van der Waals surface area contributed by atoms with Crippen molar-refractivity contribution in [2.45, 2.75) is 45.4 Å².